The summed E-state index contributed by atoms with van der Waals surface area (Å²) in [6, 6.07) is 13.0. The zero-order chi connectivity index (χ0) is 18.7. The van der Waals surface area contributed by atoms with E-state index in [0.717, 1.165) is 12.8 Å². The van der Waals surface area contributed by atoms with Crippen LogP contribution < -0.4 is 5.32 Å². The van der Waals surface area contributed by atoms with Gasteiger partial charge in [-0.1, -0.05) is 36.7 Å². The number of piperidine rings is 1. The molecule has 7 heteroatoms. The van der Waals surface area contributed by atoms with Gasteiger partial charge in [-0.15, -0.1) is 0 Å². The van der Waals surface area contributed by atoms with Gasteiger partial charge in [0.1, 0.15) is 0 Å². The summed E-state index contributed by atoms with van der Waals surface area (Å²) >= 11 is 6.06. The molecule has 1 aliphatic rings. The van der Waals surface area contributed by atoms with Crippen molar-refractivity contribution in [1.29, 1.82) is 0 Å². The second-order valence-electron chi connectivity index (χ2n) is 6.57. The average Bonchev–Trinajstić information content (AvgIpc) is 2.63. The third kappa shape index (κ3) is 4.09. The number of amides is 1. The summed E-state index contributed by atoms with van der Waals surface area (Å²) in [5, 5.41) is 3.14. The molecule has 2 aromatic carbocycles. The van der Waals surface area contributed by atoms with Gasteiger partial charge in [-0.3, -0.25) is 4.79 Å². The predicted molar refractivity (Wildman–Crippen MR) is 103 cm³/mol. The number of nitrogens with one attached hydrogen (secondary N) is 1. The average molecular weight is 393 g/mol. The third-order valence-corrected chi connectivity index (χ3v) is 6.67. The van der Waals surface area contributed by atoms with Crippen LogP contribution in [-0.4, -0.2) is 31.7 Å². The van der Waals surface area contributed by atoms with Crippen LogP contribution in [0.2, 0.25) is 5.02 Å². The molecule has 0 bridgehead atoms. The molecular formula is C19H21ClN2O3S. The Kier molecular flexibility index (Phi) is 5.65. The van der Waals surface area contributed by atoms with Gasteiger partial charge in [0, 0.05) is 18.7 Å². The summed E-state index contributed by atoms with van der Waals surface area (Å²) in [5.41, 5.74) is 0.758. The first kappa shape index (κ1) is 18.9. The van der Waals surface area contributed by atoms with Crippen LogP contribution in [0.4, 0.5) is 5.69 Å². The van der Waals surface area contributed by atoms with Crippen molar-refractivity contribution >= 4 is 33.2 Å². The molecule has 0 spiro atoms. The molecule has 1 N–H and O–H groups in total. The maximum absolute atomic E-state index is 12.9. The minimum Gasteiger partial charge on any atom is -0.321 e. The molecule has 1 fully saturated rings. The smallest absolute Gasteiger partial charge is 0.255 e. The number of halogens is 1. The van der Waals surface area contributed by atoms with Gasteiger partial charge in [-0.2, -0.15) is 4.31 Å². The largest absolute Gasteiger partial charge is 0.321 e. The fourth-order valence-electron chi connectivity index (χ4n) is 3.07. The van der Waals surface area contributed by atoms with Gasteiger partial charge in [0.15, 0.2) is 0 Å². The summed E-state index contributed by atoms with van der Waals surface area (Å²) < 4.78 is 27.3. The van der Waals surface area contributed by atoms with E-state index in [4.69, 9.17) is 11.6 Å². The van der Waals surface area contributed by atoms with Crippen LogP contribution in [0.5, 0.6) is 0 Å². The second kappa shape index (κ2) is 7.78. The van der Waals surface area contributed by atoms with E-state index in [2.05, 4.69) is 12.2 Å². The van der Waals surface area contributed by atoms with E-state index in [9.17, 15) is 13.2 Å². The Morgan fingerprint density at radius 3 is 2.69 bits per heavy atom. The Labute approximate surface area is 159 Å². The maximum Gasteiger partial charge on any atom is 0.255 e. The Hall–Kier alpha value is -1.89. The van der Waals surface area contributed by atoms with E-state index < -0.39 is 15.9 Å². The van der Waals surface area contributed by atoms with E-state index in [-0.39, 0.29) is 10.5 Å². The second-order valence-corrected chi connectivity index (χ2v) is 8.92. The number of carbonyl (C=O) groups is 1. The first-order chi connectivity index (χ1) is 12.4. The zero-order valence-electron chi connectivity index (χ0n) is 14.5. The Balaban J connectivity index is 1.83. The maximum atomic E-state index is 12.9. The highest BCUT2D eigenvalue weighted by Gasteiger charge is 2.29. The van der Waals surface area contributed by atoms with Gasteiger partial charge in [0.05, 0.1) is 15.6 Å². The van der Waals surface area contributed by atoms with Gasteiger partial charge in [0.25, 0.3) is 5.91 Å². The number of para-hydroxylation sites is 1. The molecule has 5 nitrogen and oxygen atoms in total. The minimum absolute atomic E-state index is 0.137. The molecule has 138 valence electrons. The molecule has 0 aromatic heterocycles. The van der Waals surface area contributed by atoms with Crippen LogP contribution in [-0.2, 0) is 10.0 Å². The van der Waals surface area contributed by atoms with Crippen LogP contribution in [0.25, 0.3) is 0 Å². The monoisotopic (exact) mass is 392 g/mol. The van der Waals surface area contributed by atoms with Crippen molar-refractivity contribution in [3.05, 3.63) is 59.1 Å². The van der Waals surface area contributed by atoms with Gasteiger partial charge >= 0.3 is 0 Å². The van der Waals surface area contributed by atoms with Crippen molar-refractivity contribution in [2.45, 2.75) is 24.7 Å². The summed E-state index contributed by atoms with van der Waals surface area (Å²) in [5.74, 6) is -0.0626. The number of hydrogen-bond donors (Lipinski definition) is 1. The molecule has 26 heavy (non-hydrogen) atoms. The first-order valence-electron chi connectivity index (χ1n) is 8.54. The van der Waals surface area contributed by atoms with Crippen LogP contribution >= 0.6 is 11.6 Å². The van der Waals surface area contributed by atoms with Crippen molar-refractivity contribution in [2.75, 3.05) is 18.4 Å². The Morgan fingerprint density at radius 2 is 1.96 bits per heavy atom. The lowest BCUT2D eigenvalue weighted by Crippen LogP contribution is -2.39. The molecule has 0 saturated carbocycles. The summed E-state index contributed by atoms with van der Waals surface area (Å²) in [4.78, 5) is 12.6. The first-order valence-corrected chi connectivity index (χ1v) is 10.4. The third-order valence-electron chi connectivity index (χ3n) is 4.48. The lowest BCUT2D eigenvalue weighted by atomic mass is 10.0. The van der Waals surface area contributed by atoms with Gasteiger partial charge in [-0.05, 0) is 49.1 Å². The van der Waals surface area contributed by atoms with Crippen LogP contribution in [0.1, 0.15) is 30.1 Å². The van der Waals surface area contributed by atoms with Crippen molar-refractivity contribution in [3.8, 4) is 0 Å². The fourth-order valence-corrected chi connectivity index (χ4v) is 4.90. The highest BCUT2D eigenvalue weighted by Crippen LogP contribution is 2.25. The molecule has 1 amide bonds. The molecule has 1 aliphatic heterocycles. The predicted octanol–water partition coefficient (Wildman–Crippen LogP) is 4.01. The molecule has 0 aliphatic carbocycles. The quantitative estimate of drug-likeness (QED) is 0.854. The van der Waals surface area contributed by atoms with Gasteiger partial charge < -0.3 is 5.32 Å². The van der Waals surface area contributed by atoms with Crippen molar-refractivity contribution in [1.82, 2.24) is 4.31 Å². The standard InChI is InChI=1S/C19H21ClN2O3S/c1-14-6-5-11-22(13-14)26(24,25)16-8-4-7-15(12-16)19(23)21-18-10-3-2-9-17(18)20/h2-4,7-10,12,14H,5-6,11,13H2,1H3,(H,21,23). The lowest BCUT2D eigenvalue weighted by molar-refractivity contribution is 0.102. The van der Waals surface area contributed by atoms with Gasteiger partial charge in [-0.25, -0.2) is 8.42 Å². The van der Waals surface area contributed by atoms with E-state index in [1.807, 2.05) is 0 Å². The van der Waals surface area contributed by atoms with Gasteiger partial charge in [0.2, 0.25) is 10.0 Å². The van der Waals surface area contributed by atoms with Crippen LogP contribution in [0, 0.1) is 5.92 Å². The highest BCUT2D eigenvalue weighted by molar-refractivity contribution is 7.89. The number of rotatable bonds is 4. The number of hydrogen-bond acceptors (Lipinski definition) is 3. The molecule has 2 aromatic rings. The highest BCUT2D eigenvalue weighted by atomic mass is 35.5. The van der Waals surface area contributed by atoms with E-state index in [1.165, 1.54) is 16.4 Å². The minimum atomic E-state index is -3.60. The number of benzene rings is 2. The molecular weight excluding hydrogens is 372 g/mol. The van der Waals surface area contributed by atoms with Crippen molar-refractivity contribution in [2.24, 2.45) is 5.92 Å². The molecule has 1 saturated heterocycles. The fraction of sp³-hybridized carbons (Fsp3) is 0.316. The van der Waals surface area contributed by atoms with Crippen LogP contribution in [0.3, 0.4) is 0 Å². The number of carbonyl (C=O) groups excluding carboxylic acids is 1. The molecule has 1 unspecified atom stereocenters. The molecule has 1 heterocycles. The Bertz CT molecular complexity index is 915. The topological polar surface area (TPSA) is 66.5 Å². The zero-order valence-corrected chi connectivity index (χ0v) is 16.1. The van der Waals surface area contributed by atoms with Crippen LogP contribution in [0.15, 0.2) is 53.4 Å². The number of anilines is 1. The molecule has 0 radical (unpaired) electrons. The van der Waals surface area contributed by atoms with E-state index in [1.54, 1.807) is 36.4 Å². The number of nitrogens with zero attached hydrogens (tertiary/aromatic N) is 1. The normalized spacial score (nSPS) is 18.5. The van der Waals surface area contributed by atoms with E-state index >= 15 is 0 Å². The van der Waals surface area contributed by atoms with Crippen molar-refractivity contribution in [3.63, 3.8) is 0 Å². The SMILES string of the molecule is CC1CCCN(S(=O)(=O)c2cccc(C(=O)Nc3ccccc3Cl)c2)C1. The summed E-state index contributed by atoms with van der Waals surface area (Å²) in [6.07, 6.45) is 1.89. The van der Waals surface area contributed by atoms with E-state index in [0.29, 0.717) is 29.7 Å². The Morgan fingerprint density at radius 1 is 1.19 bits per heavy atom. The molecule has 3 rings (SSSR count). The molecule has 1 atom stereocenters. The lowest BCUT2D eigenvalue weighted by Gasteiger charge is -2.30. The number of sulfonamides is 1. The summed E-state index contributed by atoms with van der Waals surface area (Å²) in [6.45, 7) is 3.08. The van der Waals surface area contributed by atoms with Crippen molar-refractivity contribution < 1.29 is 13.2 Å². The summed E-state index contributed by atoms with van der Waals surface area (Å²) in [7, 11) is -3.60.